The van der Waals surface area contributed by atoms with Crippen LogP contribution in [0.3, 0.4) is 0 Å². The molecule has 0 aliphatic carbocycles. The van der Waals surface area contributed by atoms with E-state index in [4.69, 9.17) is 5.73 Å². The third-order valence-electron chi connectivity index (χ3n) is 2.80. The molecule has 1 heterocycles. The van der Waals surface area contributed by atoms with Gasteiger partial charge in [0.1, 0.15) is 0 Å². The fourth-order valence-corrected chi connectivity index (χ4v) is 1.78. The van der Waals surface area contributed by atoms with E-state index in [2.05, 4.69) is 10.1 Å². The van der Waals surface area contributed by atoms with Gasteiger partial charge in [-0.05, 0) is 12.8 Å². The average molecular weight is 229 g/mol. The number of esters is 1. The maximum absolute atomic E-state index is 10.9. The van der Waals surface area contributed by atoms with Gasteiger partial charge >= 0.3 is 12.0 Å². The summed E-state index contributed by atoms with van der Waals surface area (Å²) in [5.41, 5.74) is 5.18. The van der Waals surface area contributed by atoms with Crippen LogP contribution in [0.15, 0.2) is 0 Å². The predicted molar refractivity (Wildman–Crippen MR) is 58.8 cm³/mol. The predicted octanol–water partition coefficient (Wildman–Crippen LogP) is -0.318. The number of rotatable bonds is 4. The number of likely N-dealkylation sites (tertiary alicyclic amines) is 1. The van der Waals surface area contributed by atoms with Crippen molar-refractivity contribution in [2.75, 3.05) is 26.7 Å². The Kier molecular flexibility index (Phi) is 5.04. The monoisotopic (exact) mass is 229 g/mol. The standard InChI is InChI=1S/C10H19N3O3/c1-16-9(14)2-5-12-8-3-6-13(7-4-8)10(11)15/h8,12H,2-7H2,1H3,(H2,11,15). The number of nitrogens with one attached hydrogen (secondary N) is 1. The van der Waals surface area contributed by atoms with Gasteiger partial charge in [-0.1, -0.05) is 0 Å². The van der Waals surface area contributed by atoms with Gasteiger partial charge in [-0.15, -0.1) is 0 Å². The molecular weight excluding hydrogens is 210 g/mol. The van der Waals surface area contributed by atoms with Crippen molar-refractivity contribution in [1.29, 1.82) is 0 Å². The number of nitrogens with two attached hydrogens (primary N) is 1. The molecule has 1 saturated heterocycles. The van der Waals surface area contributed by atoms with Gasteiger partial charge in [0.25, 0.3) is 0 Å². The summed E-state index contributed by atoms with van der Waals surface area (Å²) in [4.78, 5) is 23.4. The molecule has 0 aromatic carbocycles. The van der Waals surface area contributed by atoms with E-state index in [1.54, 1.807) is 4.90 Å². The van der Waals surface area contributed by atoms with Crippen molar-refractivity contribution < 1.29 is 14.3 Å². The number of methoxy groups -OCH3 is 1. The molecule has 0 aromatic heterocycles. The van der Waals surface area contributed by atoms with Crippen LogP contribution >= 0.6 is 0 Å². The van der Waals surface area contributed by atoms with Crippen molar-refractivity contribution in [3.63, 3.8) is 0 Å². The zero-order valence-corrected chi connectivity index (χ0v) is 9.57. The third kappa shape index (κ3) is 4.06. The second-order valence-corrected chi connectivity index (χ2v) is 3.88. The molecule has 1 aliphatic heterocycles. The molecule has 1 fully saturated rings. The van der Waals surface area contributed by atoms with Crippen LogP contribution in [0.2, 0.25) is 0 Å². The summed E-state index contributed by atoms with van der Waals surface area (Å²) in [5, 5.41) is 3.27. The number of urea groups is 1. The minimum absolute atomic E-state index is 0.206. The van der Waals surface area contributed by atoms with Gasteiger partial charge in [-0.3, -0.25) is 4.79 Å². The Bertz CT molecular complexity index is 250. The zero-order chi connectivity index (χ0) is 12.0. The lowest BCUT2D eigenvalue weighted by atomic mass is 10.1. The fraction of sp³-hybridized carbons (Fsp3) is 0.800. The summed E-state index contributed by atoms with van der Waals surface area (Å²) in [7, 11) is 1.38. The molecule has 16 heavy (non-hydrogen) atoms. The SMILES string of the molecule is COC(=O)CCNC1CCN(C(N)=O)CC1. The molecule has 92 valence electrons. The fourth-order valence-electron chi connectivity index (χ4n) is 1.78. The number of primary amides is 1. The Morgan fingerprint density at radius 2 is 2.06 bits per heavy atom. The van der Waals surface area contributed by atoms with Crippen LogP contribution in [-0.4, -0.2) is 49.7 Å². The summed E-state index contributed by atoms with van der Waals surface area (Å²) in [6, 6.07) is 0.00765. The van der Waals surface area contributed by atoms with Crippen molar-refractivity contribution in [2.24, 2.45) is 5.73 Å². The number of piperidine rings is 1. The molecule has 0 radical (unpaired) electrons. The van der Waals surface area contributed by atoms with Crippen LogP contribution in [-0.2, 0) is 9.53 Å². The van der Waals surface area contributed by atoms with E-state index in [-0.39, 0.29) is 12.0 Å². The van der Waals surface area contributed by atoms with E-state index >= 15 is 0 Å². The lowest BCUT2D eigenvalue weighted by molar-refractivity contribution is -0.140. The van der Waals surface area contributed by atoms with Crippen LogP contribution in [0.4, 0.5) is 4.79 Å². The second kappa shape index (κ2) is 6.32. The first-order valence-corrected chi connectivity index (χ1v) is 5.48. The third-order valence-corrected chi connectivity index (χ3v) is 2.80. The largest absolute Gasteiger partial charge is 0.469 e. The van der Waals surface area contributed by atoms with E-state index in [0.29, 0.717) is 32.1 Å². The van der Waals surface area contributed by atoms with Crippen LogP contribution < -0.4 is 11.1 Å². The van der Waals surface area contributed by atoms with Crippen molar-refractivity contribution in [2.45, 2.75) is 25.3 Å². The van der Waals surface area contributed by atoms with Gasteiger partial charge in [-0.2, -0.15) is 0 Å². The number of ether oxygens (including phenoxy) is 1. The van der Waals surface area contributed by atoms with Gasteiger partial charge in [-0.25, -0.2) is 4.79 Å². The highest BCUT2D eigenvalue weighted by molar-refractivity contribution is 5.72. The Labute approximate surface area is 95.1 Å². The molecule has 0 bridgehead atoms. The summed E-state index contributed by atoms with van der Waals surface area (Å²) in [6.07, 6.45) is 2.14. The molecule has 1 rings (SSSR count). The van der Waals surface area contributed by atoms with Crippen LogP contribution in [0.5, 0.6) is 0 Å². The first-order valence-electron chi connectivity index (χ1n) is 5.48. The van der Waals surface area contributed by atoms with Gasteiger partial charge in [0.2, 0.25) is 0 Å². The van der Waals surface area contributed by atoms with E-state index in [1.165, 1.54) is 7.11 Å². The van der Waals surface area contributed by atoms with Crippen LogP contribution in [0, 0.1) is 0 Å². The first kappa shape index (κ1) is 12.8. The van der Waals surface area contributed by atoms with E-state index in [1.807, 2.05) is 0 Å². The number of hydrogen-bond acceptors (Lipinski definition) is 4. The Morgan fingerprint density at radius 1 is 1.44 bits per heavy atom. The van der Waals surface area contributed by atoms with E-state index in [9.17, 15) is 9.59 Å². The molecule has 2 amide bonds. The van der Waals surface area contributed by atoms with Gasteiger partial charge in [0.05, 0.1) is 13.5 Å². The average Bonchev–Trinajstić information content (AvgIpc) is 2.29. The van der Waals surface area contributed by atoms with E-state index in [0.717, 1.165) is 12.8 Å². The quantitative estimate of drug-likeness (QED) is 0.647. The number of hydrogen-bond donors (Lipinski definition) is 2. The lowest BCUT2D eigenvalue weighted by Crippen LogP contribution is -2.47. The van der Waals surface area contributed by atoms with Crippen LogP contribution in [0.1, 0.15) is 19.3 Å². The minimum Gasteiger partial charge on any atom is -0.469 e. The maximum Gasteiger partial charge on any atom is 0.314 e. The Hall–Kier alpha value is -1.30. The maximum atomic E-state index is 10.9. The molecule has 6 heteroatoms. The highest BCUT2D eigenvalue weighted by Gasteiger charge is 2.20. The number of carbonyl (C=O) groups excluding carboxylic acids is 2. The molecule has 6 nitrogen and oxygen atoms in total. The van der Waals surface area contributed by atoms with Gasteiger partial charge < -0.3 is 20.7 Å². The number of amides is 2. The van der Waals surface area contributed by atoms with Crippen molar-refractivity contribution in [1.82, 2.24) is 10.2 Å². The normalized spacial score (nSPS) is 17.2. The van der Waals surface area contributed by atoms with Crippen molar-refractivity contribution in [3.8, 4) is 0 Å². The minimum atomic E-state index is -0.354. The van der Waals surface area contributed by atoms with Crippen molar-refractivity contribution >= 4 is 12.0 Å². The number of nitrogens with zero attached hydrogens (tertiary/aromatic N) is 1. The highest BCUT2D eigenvalue weighted by Crippen LogP contribution is 2.09. The second-order valence-electron chi connectivity index (χ2n) is 3.88. The molecule has 0 unspecified atom stereocenters. The lowest BCUT2D eigenvalue weighted by Gasteiger charge is -2.31. The zero-order valence-electron chi connectivity index (χ0n) is 9.57. The van der Waals surface area contributed by atoms with E-state index < -0.39 is 0 Å². The van der Waals surface area contributed by atoms with Gasteiger partial charge in [0, 0.05) is 25.7 Å². The Morgan fingerprint density at radius 3 is 2.56 bits per heavy atom. The van der Waals surface area contributed by atoms with Crippen LogP contribution in [0.25, 0.3) is 0 Å². The molecule has 0 spiro atoms. The number of carbonyl (C=O) groups is 2. The highest BCUT2D eigenvalue weighted by atomic mass is 16.5. The summed E-state index contributed by atoms with van der Waals surface area (Å²) >= 11 is 0. The molecule has 0 saturated carbocycles. The molecule has 0 atom stereocenters. The molecule has 0 aromatic rings. The Balaban J connectivity index is 2.13. The summed E-state index contributed by atoms with van der Waals surface area (Å²) < 4.78 is 4.54. The summed E-state index contributed by atoms with van der Waals surface area (Å²) in [5.74, 6) is -0.206. The molecule has 1 aliphatic rings. The van der Waals surface area contributed by atoms with Crippen molar-refractivity contribution in [3.05, 3.63) is 0 Å². The molecule has 3 N–H and O–H groups in total. The smallest absolute Gasteiger partial charge is 0.314 e. The molecular formula is C10H19N3O3. The topological polar surface area (TPSA) is 84.7 Å². The first-order chi connectivity index (χ1) is 7.63. The summed E-state index contributed by atoms with van der Waals surface area (Å²) in [6.45, 7) is 1.99. The van der Waals surface area contributed by atoms with Gasteiger partial charge in [0.15, 0.2) is 0 Å².